The van der Waals surface area contributed by atoms with Crippen LogP contribution in [-0.2, 0) is 9.47 Å². The number of hydrogen-bond acceptors (Lipinski definition) is 3. The summed E-state index contributed by atoms with van der Waals surface area (Å²) in [5, 5.41) is 0. The van der Waals surface area contributed by atoms with Gasteiger partial charge < -0.3 is 9.47 Å². The van der Waals surface area contributed by atoms with Crippen LogP contribution in [0.1, 0.15) is 46.5 Å². The third kappa shape index (κ3) is 6.01. The number of ether oxygens (including phenoxy) is 2. The molecule has 0 aliphatic rings. The monoisotopic (exact) mass is 212 g/mol. The maximum absolute atomic E-state index is 11.0. The van der Waals surface area contributed by atoms with Gasteiger partial charge in [-0.05, 0) is 19.8 Å². The fourth-order valence-electron chi connectivity index (χ4n) is 0.926. The molecule has 0 radical (unpaired) electrons. The van der Waals surface area contributed by atoms with Gasteiger partial charge in [0.25, 0.3) is 0 Å². The smallest absolute Gasteiger partial charge is 0.438 e. The minimum atomic E-state index is -0.721. The first-order valence-corrected chi connectivity index (χ1v) is 5.35. The molecule has 0 amide bonds. The van der Waals surface area contributed by atoms with Crippen LogP contribution in [0.5, 0.6) is 0 Å². The molecule has 0 aliphatic heterocycles. The van der Waals surface area contributed by atoms with Gasteiger partial charge in [0.15, 0.2) is 5.60 Å². The Labute approximate surface area is 92.1 Å². The van der Waals surface area contributed by atoms with E-state index in [1.807, 2.05) is 6.92 Å². The normalized spacial score (nSPS) is 13.3. The molecule has 0 aromatic heterocycles. The second-order valence-corrected chi connectivity index (χ2v) is 3.55. The number of unbranched alkanes of at least 4 members (excludes halogenated alkanes) is 2. The Morgan fingerprint density at radius 3 is 2.53 bits per heavy atom. The topological polar surface area (TPSA) is 35.5 Å². The number of carbonyl (C=O) groups is 1. The van der Waals surface area contributed by atoms with E-state index in [1.54, 1.807) is 6.92 Å². The molecule has 86 valence electrons. The van der Waals surface area contributed by atoms with Crippen molar-refractivity contribution in [3.8, 4) is 11.8 Å². The van der Waals surface area contributed by atoms with E-state index >= 15 is 0 Å². The lowest BCUT2D eigenvalue weighted by Crippen LogP contribution is -2.29. The van der Waals surface area contributed by atoms with Crippen LogP contribution in [0.25, 0.3) is 0 Å². The molecule has 3 heteroatoms. The lowest BCUT2D eigenvalue weighted by atomic mass is 10.0. The fraction of sp³-hybridized carbons (Fsp3) is 0.750. The molecule has 0 saturated heterocycles. The van der Waals surface area contributed by atoms with Crippen molar-refractivity contribution in [1.29, 1.82) is 0 Å². The van der Waals surface area contributed by atoms with Gasteiger partial charge in [-0.15, -0.1) is 0 Å². The van der Waals surface area contributed by atoms with E-state index in [1.165, 1.54) is 7.11 Å². The van der Waals surface area contributed by atoms with Crippen molar-refractivity contribution in [2.45, 2.75) is 52.1 Å². The van der Waals surface area contributed by atoms with Gasteiger partial charge in [-0.1, -0.05) is 32.1 Å². The highest BCUT2D eigenvalue weighted by molar-refractivity contribution is 5.60. The third-order valence-electron chi connectivity index (χ3n) is 2.16. The van der Waals surface area contributed by atoms with Gasteiger partial charge in [-0.25, -0.2) is 4.79 Å². The average molecular weight is 212 g/mol. The average Bonchev–Trinajstić information content (AvgIpc) is 2.24. The van der Waals surface area contributed by atoms with Gasteiger partial charge in [0.05, 0.1) is 7.11 Å². The number of rotatable bonds is 4. The Hall–Kier alpha value is -1.17. The number of methoxy groups -OCH3 is 1. The Bertz CT molecular complexity index is 249. The molecular weight excluding hydrogens is 192 g/mol. The van der Waals surface area contributed by atoms with Crippen LogP contribution in [0.15, 0.2) is 0 Å². The van der Waals surface area contributed by atoms with Gasteiger partial charge in [0.2, 0.25) is 0 Å². The van der Waals surface area contributed by atoms with E-state index < -0.39 is 11.8 Å². The lowest BCUT2D eigenvalue weighted by molar-refractivity contribution is 0.0118. The van der Waals surface area contributed by atoms with E-state index in [2.05, 4.69) is 23.5 Å². The summed E-state index contributed by atoms with van der Waals surface area (Å²) in [6.07, 6.45) is 3.02. The predicted molar refractivity (Wildman–Crippen MR) is 59.5 cm³/mol. The summed E-state index contributed by atoms with van der Waals surface area (Å²) in [5.74, 6) is 6.00. The largest absolute Gasteiger partial charge is 0.509 e. The van der Waals surface area contributed by atoms with E-state index in [0.717, 1.165) is 19.3 Å². The molecule has 15 heavy (non-hydrogen) atoms. The minimum absolute atomic E-state index is 0.654. The molecule has 0 rings (SSSR count). The maximum atomic E-state index is 11.0. The van der Waals surface area contributed by atoms with Gasteiger partial charge >= 0.3 is 6.16 Å². The molecule has 0 aromatic rings. The second kappa shape index (κ2) is 7.17. The van der Waals surface area contributed by atoms with Crippen molar-refractivity contribution in [3.63, 3.8) is 0 Å². The first-order chi connectivity index (χ1) is 7.08. The number of hydrogen-bond donors (Lipinski definition) is 0. The van der Waals surface area contributed by atoms with Crippen LogP contribution < -0.4 is 0 Å². The van der Waals surface area contributed by atoms with E-state index in [9.17, 15) is 4.79 Å². The Kier molecular flexibility index (Phi) is 6.61. The van der Waals surface area contributed by atoms with Gasteiger partial charge in [0, 0.05) is 6.42 Å². The van der Waals surface area contributed by atoms with Crippen LogP contribution in [0, 0.1) is 11.8 Å². The van der Waals surface area contributed by atoms with Crippen molar-refractivity contribution >= 4 is 6.16 Å². The molecule has 0 aromatic carbocycles. The van der Waals surface area contributed by atoms with E-state index in [4.69, 9.17) is 4.74 Å². The maximum Gasteiger partial charge on any atom is 0.509 e. The molecule has 3 nitrogen and oxygen atoms in total. The Morgan fingerprint density at radius 2 is 2.07 bits per heavy atom. The van der Waals surface area contributed by atoms with Crippen LogP contribution >= 0.6 is 0 Å². The summed E-state index contributed by atoms with van der Waals surface area (Å²) >= 11 is 0. The lowest BCUT2D eigenvalue weighted by Gasteiger charge is -2.20. The van der Waals surface area contributed by atoms with Crippen molar-refractivity contribution < 1.29 is 14.3 Å². The van der Waals surface area contributed by atoms with Crippen molar-refractivity contribution in [2.24, 2.45) is 0 Å². The predicted octanol–water partition coefficient (Wildman–Crippen LogP) is 3.13. The van der Waals surface area contributed by atoms with Gasteiger partial charge in [-0.3, -0.25) is 0 Å². The molecule has 0 N–H and O–H groups in total. The summed E-state index contributed by atoms with van der Waals surface area (Å²) in [6, 6.07) is 0. The summed E-state index contributed by atoms with van der Waals surface area (Å²) in [4.78, 5) is 11.0. The highest BCUT2D eigenvalue weighted by Gasteiger charge is 2.24. The quantitative estimate of drug-likeness (QED) is 0.408. The van der Waals surface area contributed by atoms with Crippen molar-refractivity contribution in [2.75, 3.05) is 7.11 Å². The highest BCUT2D eigenvalue weighted by atomic mass is 16.7. The van der Waals surface area contributed by atoms with Gasteiger partial charge in [-0.2, -0.15) is 0 Å². The van der Waals surface area contributed by atoms with E-state index in [-0.39, 0.29) is 0 Å². The van der Waals surface area contributed by atoms with E-state index in [0.29, 0.717) is 6.42 Å². The Balaban J connectivity index is 4.27. The molecule has 1 unspecified atom stereocenters. The highest BCUT2D eigenvalue weighted by Crippen LogP contribution is 2.14. The molecule has 0 fully saturated rings. The zero-order chi connectivity index (χ0) is 11.7. The first-order valence-electron chi connectivity index (χ1n) is 5.35. The molecule has 1 atom stereocenters. The molecule has 0 bridgehead atoms. The van der Waals surface area contributed by atoms with Crippen LogP contribution in [0.3, 0.4) is 0 Å². The molecule has 0 spiro atoms. The zero-order valence-corrected chi connectivity index (χ0v) is 10.1. The second-order valence-electron chi connectivity index (χ2n) is 3.55. The fourth-order valence-corrected chi connectivity index (χ4v) is 0.926. The van der Waals surface area contributed by atoms with Gasteiger partial charge in [0.1, 0.15) is 0 Å². The summed E-state index contributed by atoms with van der Waals surface area (Å²) < 4.78 is 9.53. The summed E-state index contributed by atoms with van der Waals surface area (Å²) in [5.41, 5.74) is -0.721. The molecular formula is C12H20O3. The van der Waals surface area contributed by atoms with Crippen LogP contribution in [-0.4, -0.2) is 18.9 Å². The zero-order valence-electron chi connectivity index (χ0n) is 10.1. The Morgan fingerprint density at radius 1 is 1.40 bits per heavy atom. The molecule has 0 aliphatic carbocycles. The number of carbonyl (C=O) groups excluding carboxylic acids is 1. The molecule has 0 heterocycles. The SMILES string of the molecule is CCCCC#CC(C)(CC)OC(=O)OC. The summed E-state index contributed by atoms with van der Waals surface area (Å²) in [7, 11) is 1.29. The molecule has 0 saturated carbocycles. The van der Waals surface area contributed by atoms with Crippen molar-refractivity contribution in [1.82, 2.24) is 0 Å². The minimum Gasteiger partial charge on any atom is -0.438 e. The van der Waals surface area contributed by atoms with Crippen LogP contribution in [0.2, 0.25) is 0 Å². The van der Waals surface area contributed by atoms with Crippen LogP contribution in [0.4, 0.5) is 4.79 Å². The van der Waals surface area contributed by atoms with Crippen molar-refractivity contribution in [3.05, 3.63) is 0 Å². The summed E-state index contributed by atoms with van der Waals surface area (Å²) in [6.45, 7) is 5.84. The first kappa shape index (κ1) is 13.8. The standard InChI is InChI=1S/C12H20O3/c1-5-7-8-9-10-12(3,6-2)15-11(13)14-4/h5-8H2,1-4H3. The third-order valence-corrected chi connectivity index (χ3v) is 2.16.